The summed E-state index contributed by atoms with van der Waals surface area (Å²) in [6.45, 7) is 4.97. The Balaban J connectivity index is 1.16. The van der Waals surface area contributed by atoms with E-state index < -0.39 is 17.8 Å². The van der Waals surface area contributed by atoms with Gasteiger partial charge in [0.1, 0.15) is 5.69 Å². The molecule has 1 aliphatic heterocycles. The Morgan fingerprint density at radius 3 is 2.78 bits per heavy atom. The number of nitrogens with one attached hydrogen (secondary N) is 2. The van der Waals surface area contributed by atoms with E-state index in [4.69, 9.17) is 4.74 Å². The van der Waals surface area contributed by atoms with Gasteiger partial charge in [0.25, 0.3) is 11.8 Å². The number of piperidine rings is 1. The maximum Gasteiger partial charge on any atom is 0.258 e. The molecule has 0 aromatic carbocycles. The molecule has 3 unspecified atom stereocenters. The average molecular weight is 499 g/mol. The molecule has 2 N–H and O–H groups in total. The summed E-state index contributed by atoms with van der Waals surface area (Å²) in [5.74, 6) is -3.44. The number of anilines is 1. The Kier molecular flexibility index (Phi) is 5.32. The Bertz CT molecular complexity index is 1320. The summed E-state index contributed by atoms with van der Waals surface area (Å²) >= 11 is 0. The van der Waals surface area contributed by atoms with Gasteiger partial charge in [-0.25, -0.2) is 18.7 Å². The molecule has 2 aliphatic carbocycles. The molecule has 1 amide bonds. The zero-order chi connectivity index (χ0) is 25.2. The Morgan fingerprint density at radius 1 is 1.28 bits per heavy atom. The van der Waals surface area contributed by atoms with Crippen molar-refractivity contribution in [3.05, 3.63) is 51.9 Å². The van der Waals surface area contributed by atoms with Gasteiger partial charge in [-0.05, 0) is 32.3 Å². The number of aromatic amines is 1. The first kappa shape index (κ1) is 23.0. The minimum absolute atomic E-state index is 0.118. The standard InChI is InChI=1S/C24H28F2N8O2/c1-12-14(6-27-23(28-12)33-9-17-18(10-33)24(17,25)26)7-34-8-16(20(32-34)11-36-3)22(35)29-19-5-4-15-13(2)30-31-21(15)19/h6,8,17-19H,4-5,7,9-11H2,1-3H3,(H,29,35)(H,30,31). The molecule has 12 heteroatoms. The number of H-pyrrole nitrogens is 1. The monoisotopic (exact) mass is 498 g/mol. The summed E-state index contributed by atoms with van der Waals surface area (Å²) in [6, 6.07) is -0.118. The second-order valence-corrected chi connectivity index (χ2v) is 9.96. The normalized spacial score (nSPS) is 23.6. The predicted octanol–water partition coefficient (Wildman–Crippen LogP) is 2.33. The van der Waals surface area contributed by atoms with Crippen LogP contribution in [0, 0.1) is 25.7 Å². The molecule has 3 aliphatic rings. The molecule has 0 spiro atoms. The molecule has 1 saturated carbocycles. The van der Waals surface area contributed by atoms with Crippen LogP contribution < -0.4 is 10.2 Å². The minimum Gasteiger partial charge on any atom is -0.378 e. The number of hydrogen-bond acceptors (Lipinski definition) is 7. The molecule has 3 aromatic heterocycles. The molecule has 0 radical (unpaired) electrons. The summed E-state index contributed by atoms with van der Waals surface area (Å²) in [5.41, 5.74) is 5.68. The van der Waals surface area contributed by atoms with Crippen LogP contribution in [0.4, 0.5) is 14.7 Å². The van der Waals surface area contributed by atoms with E-state index in [0.29, 0.717) is 23.8 Å². The smallest absolute Gasteiger partial charge is 0.258 e. The number of fused-ring (bicyclic) bond motifs is 2. The fraction of sp³-hybridized carbons (Fsp3) is 0.542. The van der Waals surface area contributed by atoms with Gasteiger partial charge in [-0.1, -0.05) is 0 Å². The largest absolute Gasteiger partial charge is 0.378 e. The number of carbonyl (C=O) groups is 1. The lowest BCUT2D eigenvalue weighted by Crippen LogP contribution is -2.29. The van der Waals surface area contributed by atoms with Crippen molar-refractivity contribution < 1.29 is 18.3 Å². The summed E-state index contributed by atoms with van der Waals surface area (Å²) in [5, 5.41) is 15.0. The SMILES string of the molecule is COCc1nn(Cc2cnc(N3CC4C(C3)C4(F)F)nc2C)cc1C(=O)NC1CCc2c(C)n[nH]c21. The van der Waals surface area contributed by atoms with Crippen LogP contribution in [0.2, 0.25) is 0 Å². The van der Waals surface area contributed by atoms with E-state index in [1.54, 1.807) is 24.2 Å². The van der Waals surface area contributed by atoms with E-state index in [9.17, 15) is 13.6 Å². The van der Waals surface area contributed by atoms with Crippen LogP contribution in [0.15, 0.2) is 12.4 Å². The van der Waals surface area contributed by atoms with E-state index in [0.717, 1.165) is 35.5 Å². The minimum atomic E-state index is -2.53. The highest BCUT2D eigenvalue weighted by molar-refractivity contribution is 5.95. The van der Waals surface area contributed by atoms with Crippen LogP contribution in [0.3, 0.4) is 0 Å². The van der Waals surface area contributed by atoms with E-state index in [1.807, 2.05) is 18.7 Å². The maximum absolute atomic E-state index is 13.5. The molecular weight excluding hydrogens is 470 g/mol. The first-order chi connectivity index (χ1) is 17.3. The van der Waals surface area contributed by atoms with Crippen LogP contribution in [-0.4, -0.2) is 62.0 Å². The third-order valence-corrected chi connectivity index (χ3v) is 7.69. The number of nitrogens with zero attached hydrogens (tertiary/aromatic N) is 6. The molecular formula is C24H28F2N8O2. The summed E-state index contributed by atoms with van der Waals surface area (Å²) < 4.78 is 34.0. The molecule has 3 aromatic rings. The third-order valence-electron chi connectivity index (χ3n) is 7.69. The van der Waals surface area contributed by atoms with E-state index >= 15 is 0 Å². The van der Waals surface area contributed by atoms with Gasteiger partial charge in [0, 0.05) is 43.9 Å². The molecule has 4 heterocycles. The lowest BCUT2D eigenvalue weighted by molar-refractivity contribution is 0.0795. The second-order valence-electron chi connectivity index (χ2n) is 9.96. The highest BCUT2D eigenvalue weighted by atomic mass is 19.3. The molecule has 190 valence electrons. The van der Waals surface area contributed by atoms with Crippen LogP contribution in [0.1, 0.15) is 56.7 Å². The van der Waals surface area contributed by atoms with Crippen molar-refractivity contribution in [3.63, 3.8) is 0 Å². The lowest BCUT2D eigenvalue weighted by atomic mass is 10.2. The summed E-state index contributed by atoms with van der Waals surface area (Å²) in [7, 11) is 1.56. The number of aromatic nitrogens is 6. The van der Waals surface area contributed by atoms with Crippen LogP contribution in [-0.2, 0) is 24.3 Å². The first-order valence-electron chi connectivity index (χ1n) is 12.1. The van der Waals surface area contributed by atoms with Gasteiger partial charge in [0.2, 0.25) is 5.95 Å². The van der Waals surface area contributed by atoms with Gasteiger partial charge in [0.15, 0.2) is 0 Å². The summed E-state index contributed by atoms with van der Waals surface area (Å²) in [6.07, 6.45) is 5.12. The molecule has 6 rings (SSSR count). The Morgan fingerprint density at radius 2 is 2.06 bits per heavy atom. The van der Waals surface area contributed by atoms with Crippen molar-refractivity contribution in [1.82, 2.24) is 35.3 Å². The molecule has 3 atom stereocenters. The zero-order valence-corrected chi connectivity index (χ0v) is 20.4. The fourth-order valence-corrected chi connectivity index (χ4v) is 5.50. The number of alkyl halides is 2. The number of methoxy groups -OCH3 is 1. The highest BCUT2D eigenvalue weighted by Crippen LogP contribution is 2.59. The van der Waals surface area contributed by atoms with E-state index in [2.05, 4.69) is 30.6 Å². The number of ether oxygens (including phenoxy) is 1. The van der Waals surface area contributed by atoms with Crippen molar-refractivity contribution in [2.75, 3.05) is 25.1 Å². The van der Waals surface area contributed by atoms with Crippen LogP contribution in [0.25, 0.3) is 0 Å². The number of carbonyl (C=O) groups excluding carboxylic acids is 1. The van der Waals surface area contributed by atoms with Crippen LogP contribution >= 0.6 is 0 Å². The van der Waals surface area contributed by atoms with Gasteiger partial charge in [-0.15, -0.1) is 0 Å². The second kappa shape index (κ2) is 8.32. The first-order valence-corrected chi connectivity index (χ1v) is 12.1. The number of amides is 1. The van der Waals surface area contributed by atoms with Crippen molar-refractivity contribution in [1.29, 1.82) is 0 Å². The number of rotatable bonds is 7. The molecule has 0 bridgehead atoms. The molecule has 36 heavy (non-hydrogen) atoms. The van der Waals surface area contributed by atoms with Gasteiger partial charge in [0.05, 0.1) is 48.0 Å². The van der Waals surface area contributed by atoms with Gasteiger partial charge < -0.3 is 15.0 Å². The number of hydrogen-bond donors (Lipinski definition) is 2. The molecule has 1 saturated heterocycles. The fourth-order valence-electron chi connectivity index (χ4n) is 5.50. The van der Waals surface area contributed by atoms with Gasteiger partial charge in [-0.3, -0.25) is 14.6 Å². The highest BCUT2D eigenvalue weighted by Gasteiger charge is 2.72. The average Bonchev–Trinajstić information content (AvgIpc) is 3.46. The Hall–Kier alpha value is -3.41. The quantitative estimate of drug-likeness (QED) is 0.514. The van der Waals surface area contributed by atoms with Crippen molar-refractivity contribution in [2.24, 2.45) is 11.8 Å². The van der Waals surface area contributed by atoms with Crippen molar-refractivity contribution in [2.45, 2.75) is 51.8 Å². The van der Waals surface area contributed by atoms with E-state index in [1.165, 1.54) is 5.56 Å². The zero-order valence-electron chi connectivity index (χ0n) is 20.4. The maximum atomic E-state index is 13.5. The Labute approximate surface area is 206 Å². The van der Waals surface area contributed by atoms with Gasteiger partial charge in [-0.2, -0.15) is 10.2 Å². The lowest BCUT2D eigenvalue weighted by Gasteiger charge is -2.20. The van der Waals surface area contributed by atoms with Gasteiger partial charge >= 0.3 is 0 Å². The topological polar surface area (TPSA) is 114 Å². The third kappa shape index (κ3) is 3.74. The van der Waals surface area contributed by atoms with Crippen molar-refractivity contribution in [3.8, 4) is 0 Å². The van der Waals surface area contributed by atoms with E-state index in [-0.39, 0.29) is 31.6 Å². The molecule has 2 fully saturated rings. The number of aryl methyl sites for hydroxylation is 2. The van der Waals surface area contributed by atoms with Crippen LogP contribution in [0.5, 0.6) is 0 Å². The summed E-state index contributed by atoms with van der Waals surface area (Å²) in [4.78, 5) is 24.0. The van der Waals surface area contributed by atoms with Crippen molar-refractivity contribution >= 4 is 11.9 Å². The molecule has 10 nitrogen and oxygen atoms in total. The number of halogens is 2. The predicted molar refractivity (Wildman–Crippen MR) is 125 cm³/mol.